The van der Waals surface area contributed by atoms with E-state index in [1.807, 2.05) is 45.9 Å². The zero-order valence-electron chi connectivity index (χ0n) is 29.9. The number of nitrogens with one attached hydrogen (secondary N) is 4. The van der Waals surface area contributed by atoms with Crippen LogP contribution in [0.15, 0.2) is 48.5 Å². The van der Waals surface area contributed by atoms with Gasteiger partial charge in [0, 0.05) is 33.0 Å². The second kappa shape index (κ2) is 16.4. The molecule has 2 aromatic rings. The number of alkyl carbamates (subject to hydrolysis) is 1. The molecule has 10 nitrogen and oxygen atoms in total. The van der Waals surface area contributed by atoms with Crippen molar-refractivity contribution in [2.75, 3.05) is 0 Å². The minimum atomic E-state index is -1.25. The highest BCUT2D eigenvalue weighted by atomic mass is 35.5. The predicted molar refractivity (Wildman–Crippen MR) is 196 cm³/mol. The highest BCUT2D eigenvalue weighted by Crippen LogP contribution is 2.41. The molecule has 1 aliphatic heterocycles. The highest BCUT2D eigenvalue weighted by Gasteiger charge is 2.43. The van der Waals surface area contributed by atoms with E-state index in [9.17, 15) is 24.0 Å². The number of hydrogen-bond acceptors (Lipinski definition) is 6. The van der Waals surface area contributed by atoms with Crippen molar-refractivity contribution in [2.24, 2.45) is 11.8 Å². The molecule has 4 atom stereocenters. The summed E-state index contributed by atoms with van der Waals surface area (Å²) in [5, 5.41) is 12.3. The van der Waals surface area contributed by atoms with Crippen molar-refractivity contribution in [1.82, 2.24) is 21.3 Å². The maximum atomic E-state index is 14.2. The number of carbonyl (C=O) groups is 5. The normalized spacial score (nSPS) is 20.7. The lowest BCUT2D eigenvalue weighted by atomic mass is 9.76. The number of amides is 4. The van der Waals surface area contributed by atoms with E-state index >= 15 is 0 Å². The molecule has 2 aliphatic carbocycles. The van der Waals surface area contributed by atoms with Gasteiger partial charge in [0.05, 0.1) is 6.04 Å². The monoisotopic (exact) mass is 740 g/mol. The van der Waals surface area contributed by atoms with Gasteiger partial charge in [-0.3, -0.25) is 19.2 Å². The van der Waals surface area contributed by atoms with Crippen LogP contribution in [0.1, 0.15) is 109 Å². The standard InChI is InChI=1S/C39H50Cl2N4O6/c1-38(2)22-25(34(47)45-38)20-30(32(46)36(49)42-29-17-18-29)43-35(48)31(19-23-9-6-5-7-10-23)44-37(50)51-33(24-13-15-27(40)16-14-24)39(3,4)26-11-8-12-28(41)21-26/h8,11-16,21,23,25,29-31,33H,5-7,9-10,17-20,22H2,1-4H3,(H,42,49)(H,43,48)(H,44,50)(H,45,47)/t25?,30?,31-,33?/m0/s1. The lowest BCUT2D eigenvalue weighted by Crippen LogP contribution is -2.55. The molecule has 3 fully saturated rings. The molecule has 2 aromatic carbocycles. The molecule has 5 rings (SSSR count). The van der Waals surface area contributed by atoms with Crippen LogP contribution in [-0.4, -0.2) is 53.3 Å². The van der Waals surface area contributed by atoms with Gasteiger partial charge in [0.1, 0.15) is 12.1 Å². The largest absolute Gasteiger partial charge is 0.440 e. The van der Waals surface area contributed by atoms with Gasteiger partial charge in [0.2, 0.25) is 17.6 Å². The van der Waals surface area contributed by atoms with Crippen molar-refractivity contribution in [3.8, 4) is 0 Å². The Kier molecular flexibility index (Phi) is 12.4. The van der Waals surface area contributed by atoms with Crippen LogP contribution >= 0.6 is 23.2 Å². The van der Waals surface area contributed by atoms with Gasteiger partial charge in [0.25, 0.3) is 5.91 Å². The van der Waals surface area contributed by atoms with Gasteiger partial charge in [0.15, 0.2) is 0 Å². The Morgan fingerprint density at radius 2 is 1.59 bits per heavy atom. The highest BCUT2D eigenvalue weighted by molar-refractivity contribution is 6.38. The van der Waals surface area contributed by atoms with Crippen LogP contribution in [0, 0.1) is 11.8 Å². The Bertz CT molecular complexity index is 1600. The number of ether oxygens (including phenoxy) is 1. The van der Waals surface area contributed by atoms with E-state index in [0.29, 0.717) is 28.5 Å². The average Bonchev–Trinajstić information content (AvgIpc) is 3.85. The Hall–Kier alpha value is -3.63. The first kappa shape index (κ1) is 38.6. The molecule has 0 spiro atoms. The Labute approximate surface area is 310 Å². The minimum Gasteiger partial charge on any atom is -0.440 e. The third kappa shape index (κ3) is 10.5. The SMILES string of the molecule is CC1(C)CC(CC(NC(=O)[C@H](CC2CCCCC2)NC(=O)OC(c2ccc(Cl)cc2)C(C)(C)c2cccc(Cl)c2)C(=O)C(=O)NC2CC2)C(=O)N1. The molecule has 2 saturated carbocycles. The maximum absolute atomic E-state index is 14.2. The molecule has 276 valence electrons. The van der Waals surface area contributed by atoms with Gasteiger partial charge in [-0.2, -0.15) is 0 Å². The first-order valence-electron chi connectivity index (χ1n) is 18.1. The number of Topliss-reactive ketones (excluding diaryl/α,β-unsaturated/α-hetero) is 1. The molecule has 3 unspecified atom stereocenters. The van der Waals surface area contributed by atoms with Crippen LogP contribution in [0.5, 0.6) is 0 Å². The van der Waals surface area contributed by atoms with E-state index in [1.165, 1.54) is 0 Å². The summed E-state index contributed by atoms with van der Waals surface area (Å²) in [7, 11) is 0. The summed E-state index contributed by atoms with van der Waals surface area (Å²) in [5.41, 5.74) is 0.283. The van der Waals surface area contributed by atoms with Crippen LogP contribution in [0.2, 0.25) is 10.0 Å². The van der Waals surface area contributed by atoms with Gasteiger partial charge in [-0.05, 0) is 87.3 Å². The zero-order valence-corrected chi connectivity index (χ0v) is 31.4. The number of hydrogen-bond donors (Lipinski definition) is 4. The zero-order chi connectivity index (χ0) is 36.9. The number of benzene rings is 2. The van der Waals surface area contributed by atoms with Gasteiger partial charge in [-0.25, -0.2) is 4.79 Å². The van der Waals surface area contributed by atoms with Crippen molar-refractivity contribution < 1.29 is 28.7 Å². The molecular weight excluding hydrogens is 691 g/mol. The van der Waals surface area contributed by atoms with Gasteiger partial charge >= 0.3 is 6.09 Å². The summed E-state index contributed by atoms with van der Waals surface area (Å²) in [5.74, 6) is -2.84. The van der Waals surface area contributed by atoms with Crippen LogP contribution in [0.25, 0.3) is 0 Å². The third-order valence-corrected chi connectivity index (χ3v) is 10.9. The average molecular weight is 742 g/mol. The second-order valence-electron chi connectivity index (χ2n) is 15.7. The summed E-state index contributed by atoms with van der Waals surface area (Å²) >= 11 is 12.6. The molecule has 1 heterocycles. The minimum absolute atomic E-state index is 0.0367. The van der Waals surface area contributed by atoms with E-state index < -0.39 is 58.8 Å². The lowest BCUT2D eigenvalue weighted by Gasteiger charge is -2.35. The van der Waals surface area contributed by atoms with E-state index in [0.717, 1.165) is 50.5 Å². The molecule has 12 heteroatoms. The summed E-state index contributed by atoms with van der Waals surface area (Å²) in [4.78, 5) is 67.4. The first-order valence-corrected chi connectivity index (χ1v) is 18.8. The molecule has 1 saturated heterocycles. The maximum Gasteiger partial charge on any atom is 0.408 e. The Balaban J connectivity index is 1.39. The first-order chi connectivity index (χ1) is 24.1. The molecule has 0 aromatic heterocycles. The van der Waals surface area contributed by atoms with E-state index in [-0.39, 0.29) is 24.3 Å². The molecular formula is C39H50Cl2N4O6. The summed E-state index contributed by atoms with van der Waals surface area (Å²) in [6.07, 6.45) is 5.64. The summed E-state index contributed by atoms with van der Waals surface area (Å²) in [6, 6.07) is 12.0. The molecule has 0 radical (unpaired) electrons. The third-order valence-electron chi connectivity index (χ3n) is 10.4. The predicted octanol–water partition coefficient (Wildman–Crippen LogP) is 6.71. The van der Waals surface area contributed by atoms with Crippen LogP contribution < -0.4 is 21.3 Å². The Morgan fingerprint density at radius 3 is 2.20 bits per heavy atom. The van der Waals surface area contributed by atoms with Crippen molar-refractivity contribution in [1.29, 1.82) is 0 Å². The van der Waals surface area contributed by atoms with E-state index in [4.69, 9.17) is 27.9 Å². The van der Waals surface area contributed by atoms with Crippen molar-refractivity contribution in [2.45, 2.75) is 127 Å². The number of halogens is 2. The fourth-order valence-corrected chi connectivity index (χ4v) is 7.71. The smallest absolute Gasteiger partial charge is 0.408 e. The van der Waals surface area contributed by atoms with Crippen LogP contribution in [0.4, 0.5) is 4.79 Å². The Morgan fingerprint density at radius 1 is 0.902 bits per heavy atom. The van der Waals surface area contributed by atoms with Gasteiger partial charge in [-0.1, -0.05) is 93.4 Å². The topological polar surface area (TPSA) is 143 Å². The number of ketones is 1. The number of rotatable bonds is 14. The quantitative estimate of drug-likeness (QED) is 0.159. The van der Waals surface area contributed by atoms with E-state index in [2.05, 4.69) is 21.3 Å². The molecule has 4 N–H and O–H groups in total. The molecule has 3 aliphatic rings. The molecule has 4 amide bonds. The summed E-state index contributed by atoms with van der Waals surface area (Å²) < 4.78 is 6.19. The van der Waals surface area contributed by atoms with Gasteiger partial charge in [-0.15, -0.1) is 0 Å². The molecule has 0 bridgehead atoms. The fraction of sp³-hybridized carbons (Fsp3) is 0.564. The van der Waals surface area contributed by atoms with Crippen molar-refractivity contribution in [3.05, 3.63) is 69.7 Å². The second-order valence-corrected chi connectivity index (χ2v) is 16.6. The van der Waals surface area contributed by atoms with E-state index in [1.54, 1.807) is 30.3 Å². The van der Waals surface area contributed by atoms with Crippen LogP contribution in [-0.2, 0) is 29.3 Å². The lowest BCUT2D eigenvalue weighted by molar-refractivity contribution is -0.141. The van der Waals surface area contributed by atoms with Crippen molar-refractivity contribution in [3.63, 3.8) is 0 Å². The van der Waals surface area contributed by atoms with Crippen LogP contribution in [0.3, 0.4) is 0 Å². The summed E-state index contributed by atoms with van der Waals surface area (Å²) in [6.45, 7) is 7.67. The van der Waals surface area contributed by atoms with Crippen molar-refractivity contribution >= 4 is 52.8 Å². The number of carbonyl (C=O) groups excluding carboxylic acids is 5. The van der Waals surface area contributed by atoms with Gasteiger partial charge < -0.3 is 26.0 Å². The fourth-order valence-electron chi connectivity index (χ4n) is 7.40. The molecule has 51 heavy (non-hydrogen) atoms.